The summed E-state index contributed by atoms with van der Waals surface area (Å²) in [7, 11) is 0. The van der Waals surface area contributed by atoms with Crippen molar-refractivity contribution in [2.24, 2.45) is 0 Å². The van der Waals surface area contributed by atoms with Crippen LogP contribution < -0.4 is 5.32 Å². The molecule has 7 nitrogen and oxygen atoms in total. The van der Waals surface area contributed by atoms with Crippen molar-refractivity contribution in [3.8, 4) is 6.07 Å². The van der Waals surface area contributed by atoms with E-state index in [0.717, 1.165) is 6.07 Å². The van der Waals surface area contributed by atoms with E-state index in [1.54, 1.807) is 13.0 Å². The van der Waals surface area contributed by atoms with Crippen molar-refractivity contribution in [2.75, 3.05) is 5.32 Å². The number of nitro benzene ring substituents is 1. The Balaban J connectivity index is 3.25. The van der Waals surface area contributed by atoms with Gasteiger partial charge in [0, 0.05) is 6.07 Å². The first-order valence-electron chi connectivity index (χ1n) is 5.54. The molecule has 0 amide bonds. The Bertz CT molecular complexity index is 565. The Morgan fingerprint density at radius 2 is 2.26 bits per heavy atom. The highest BCUT2D eigenvalue weighted by Gasteiger charge is 2.33. The zero-order chi connectivity index (χ0) is 14.6. The van der Waals surface area contributed by atoms with Gasteiger partial charge in [-0.3, -0.25) is 10.1 Å². The van der Waals surface area contributed by atoms with E-state index in [2.05, 4.69) is 5.32 Å². The maximum absolute atomic E-state index is 11.2. The molecule has 0 aliphatic heterocycles. The molecule has 1 rings (SSSR count). The Hall–Kier alpha value is -2.62. The summed E-state index contributed by atoms with van der Waals surface area (Å²) in [5, 5.41) is 31.5. The van der Waals surface area contributed by atoms with Gasteiger partial charge in [-0.25, -0.2) is 4.79 Å². The van der Waals surface area contributed by atoms with Crippen LogP contribution in [0.3, 0.4) is 0 Å². The lowest BCUT2D eigenvalue weighted by atomic mass is 9.98. The van der Waals surface area contributed by atoms with E-state index >= 15 is 0 Å². The number of nitrogens with one attached hydrogen (secondary N) is 1. The summed E-state index contributed by atoms with van der Waals surface area (Å²) >= 11 is 0. The van der Waals surface area contributed by atoms with Crippen LogP contribution in [-0.2, 0) is 4.79 Å². The smallest absolute Gasteiger partial charge is 0.329 e. The van der Waals surface area contributed by atoms with E-state index in [1.807, 2.05) is 0 Å². The Morgan fingerprint density at radius 1 is 1.63 bits per heavy atom. The number of benzene rings is 1. The van der Waals surface area contributed by atoms with Crippen LogP contribution in [0.15, 0.2) is 18.2 Å². The number of carbonyl (C=O) groups is 1. The topological polar surface area (TPSA) is 116 Å². The van der Waals surface area contributed by atoms with Crippen molar-refractivity contribution in [2.45, 2.75) is 25.8 Å². The summed E-state index contributed by atoms with van der Waals surface area (Å²) in [4.78, 5) is 21.5. The Morgan fingerprint density at radius 3 is 2.68 bits per heavy atom. The molecule has 1 unspecified atom stereocenters. The summed E-state index contributed by atoms with van der Waals surface area (Å²) in [6.07, 6.45) is 0.249. The van der Waals surface area contributed by atoms with Gasteiger partial charge in [-0.15, -0.1) is 0 Å². The highest BCUT2D eigenvalue weighted by Crippen LogP contribution is 2.29. The molecule has 0 aliphatic carbocycles. The number of nitriles is 1. The van der Waals surface area contributed by atoms with E-state index < -0.39 is 16.4 Å². The van der Waals surface area contributed by atoms with E-state index in [-0.39, 0.29) is 23.4 Å². The first-order valence-corrected chi connectivity index (χ1v) is 5.54. The van der Waals surface area contributed by atoms with E-state index in [0.29, 0.717) is 0 Å². The highest BCUT2D eigenvalue weighted by atomic mass is 16.6. The van der Waals surface area contributed by atoms with Gasteiger partial charge in [0.1, 0.15) is 11.2 Å². The molecule has 0 radical (unpaired) electrons. The second kappa shape index (κ2) is 5.35. The number of rotatable bonds is 5. The van der Waals surface area contributed by atoms with Crippen molar-refractivity contribution in [3.05, 3.63) is 33.9 Å². The van der Waals surface area contributed by atoms with Gasteiger partial charge < -0.3 is 10.4 Å². The lowest BCUT2D eigenvalue weighted by Gasteiger charge is -2.25. The van der Waals surface area contributed by atoms with Crippen LogP contribution >= 0.6 is 0 Å². The molecule has 7 heteroatoms. The van der Waals surface area contributed by atoms with Crippen LogP contribution in [0.5, 0.6) is 0 Å². The summed E-state index contributed by atoms with van der Waals surface area (Å²) in [5.74, 6) is -1.10. The van der Waals surface area contributed by atoms with Gasteiger partial charge in [0.2, 0.25) is 0 Å². The molecular formula is C12H13N3O4. The number of hydrogen-bond acceptors (Lipinski definition) is 5. The quantitative estimate of drug-likeness (QED) is 0.620. The number of anilines is 1. The van der Waals surface area contributed by atoms with Gasteiger partial charge in [0.25, 0.3) is 5.69 Å². The first kappa shape index (κ1) is 14.4. The molecule has 0 saturated heterocycles. The zero-order valence-electron chi connectivity index (χ0n) is 10.5. The minimum Gasteiger partial charge on any atom is -0.480 e. The summed E-state index contributed by atoms with van der Waals surface area (Å²) in [6.45, 7) is 3.11. The van der Waals surface area contributed by atoms with Crippen molar-refractivity contribution < 1.29 is 14.8 Å². The molecule has 100 valence electrons. The lowest BCUT2D eigenvalue weighted by Crippen LogP contribution is -2.42. The molecule has 0 fully saturated rings. The Labute approximate surface area is 109 Å². The number of nitro groups is 1. The fourth-order valence-electron chi connectivity index (χ4n) is 1.45. The fraction of sp³-hybridized carbons (Fsp3) is 0.333. The third kappa shape index (κ3) is 2.98. The van der Waals surface area contributed by atoms with E-state index in [4.69, 9.17) is 10.4 Å². The molecule has 1 atom stereocenters. The monoisotopic (exact) mass is 263 g/mol. The van der Waals surface area contributed by atoms with Gasteiger partial charge in [0.15, 0.2) is 0 Å². The van der Waals surface area contributed by atoms with Gasteiger partial charge in [-0.2, -0.15) is 5.26 Å². The molecule has 1 aromatic rings. The predicted molar refractivity (Wildman–Crippen MR) is 67.8 cm³/mol. The Kier molecular flexibility index (Phi) is 4.07. The van der Waals surface area contributed by atoms with Crippen molar-refractivity contribution in [1.82, 2.24) is 0 Å². The van der Waals surface area contributed by atoms with Crippen LogP contribution in [0.4, 0.5) is 11.4 Å². The minimum absolute atomic E-state index is 0.0794. The molecule has 0 spiro atoms. The van der Waals surface area contributed by atoms with Crippen LogP contribution in [0, 0.1) is 21.4 Å². The number of nitrogens with zero attached hydrogens (tertiary/aromatic N) is 2. The van der Waals surface area contributed by atoms with Crippen molar-refractivity contribution >= 4 is 17.3 Å². The SMILES string of the molecule is CCC(C)(Nc1ccc(C#N)cc1[N+](=O)[O-])C(=O)O. The van der Waals surface area contributed by atoms with Crippen LogP contribution in [0.25, 0.3) is 0 Å². The fourth-order valence-corrected chi connectivity index (χ4v) is 1.45. The molecule has 0 saturated carbocycles. The molecule has 0 aliphatic rings. The molecule has 0 bridgehead atoms. The number of carboxylic acid groups (broad SMARTS) is 1. The number of aliphatic carboxylic acids is 1. The van der Waals surface area contributed by atoms with Crippen molar-refractivity contribution in [3.63, 3.8) is 0 Å². The third-order valence-electron chi connectivity index (χ3n) is 2.91. The van der Waals surface area contributed by atoms with Gasteiger partial charge in [-0.1, -0.05) is 6.92 Å². The normalized spacial score (nSPS) is 13.1. The highest BCUT2D eigenvalue weighted by molar-refractivity contribution is 5.83. The average Bonchev–Trinajstić information content (AvgIpc) is 2.38. The average molecular weight is 263 g/mol. The zero-order valence-corrected chi connectivity index (χ0v) is 10.5. The lowest BCUT2D eigenvalue weighted by molar-refractivity contribution is -0.384. The van der Waals surface area contributed by atoms with Crippen LogP contribution in [0.1, 0.15) is 25.8 Å². The van der Waals surface area contributed by atoms with E-state index in [9.17, 15) is 14.9 Å². The van der Waals surface area contributed by atoms with Gasteiger partial charge in [0.05, 0.1) is 16.6 Å². The van der Waals surface area contributed by atoms with Crippen molar-refractivity contribution in [1.29, 1.82) is 5.26 Å². The molecular weight excluding hydrogens is 250 g/mol. The molecule has 2 N–H and O–H groups in total. The molecule has 1 aromatic carbocycles. The largest absolute Gasteiger partial charge is 0.480 e. The predicted octanol–water partition coefficient (Wildman–Crippen LogP) is 2.13. The first-order chi connectivity index (χ1) is 8.84. The second-order valence-corrected chi connectivity index (χ2v) is 4.22. The molecule has 0 aromatic heterocycles. The van der Waals surface area contributed by atoms with Crippen LogP contribution in [-0.4, -0.2) is 21.5 Å². The standard InChI is InChI=1S/C12H13N3O4/c1-3-12(2,11(16)17)14-9-5-4-8(7-13)6-10(9)15(18)19/h4-6,14H,3H2,1-2H3,(H,16,17). The molecule has 0 heterocycles. The summed E-state index contributed by atoms with van der Waals surface area (Å²) < 4.78 is 0. The van der Waals surface area contributed by atoms with Gasteiger partial charge >= 0.3 is 5.97 Å². The third-order valence-corrected chi connectivity index (χ3v) is 2.91. The number of hydrogen-bond donors (Lipinski definition) is 2. The van der Waals surface area contributed by atoms with Gasteiger partial charge in [-0.05, 0) is 25.5 Å². The summed E-state index contributed by atoms with van der Waals surface area (Å²) in [5.41, 5.74) is -1.40. The van der Waals surface area contributed by atoms with E-state index in [1.165, 1.54) is 19.1 Å². The molecule has 19 heavy (non-hydrogen) atoms. The summed E-state index contributed by atoms with van der Waals surface area (Å²) in [6, 6.07) is 5.65. The second-order valence-electron chi connectivity index (χ2n) is 4.22. The maximum Gasteiger partial charge on any atom is 0.329 e. The minimum atomic E-state index is -1.31. The van der Waals surface area contributed by atoms with Crippen LogP contribution in [0.2, 0.25) is 0 Å². The maximum atomic E-state index is 11.2. The number of carboxylic acids is 1.